The van der Waals surface area contributed by atoms with Crippen LogP contribution in [0.5, 0.6) is 5.75 Å². The highest BCUT2D eigenvalue weighted by molar-refractivity contribution is 6.32. The largest absolute Gasteiger partial charge is 0.477 e. The molecular weight excluding hydrogens is 268 g/mol. The van der Waals surface area contributed by atoms with E-state index in [9.17, 15) is 9.90 Å². The first-order valence-corrected chi connectivity index (χ1v) is 6.68. The Morgan fingerprint density at radius 1 is 1.42 bits per heavy atom. The molecule has 0 radical (unpaired) electrons. The quantitative estimate of drug-likeness (QED) is 0.817. The van der Waals surface area contributed by atoms with Crippen molar-refractivity contribution in [1.29, 1.82) is 0 Å². The molecule has 5 heteroatoms. The summed E-state index contributed by atoms with van der Waals surface area (Å²) in [5.74, 6) is 0.00615. The van der Waals surface area contributed by atoms with Crippen molar-refractivity contribution in [3.8, 4) is 5.75 Å². The molecule has 0 heterocycles. The van der Waals surface area contributed by atoms with Crippen molar-refractivity contribution in [2.24, 2.45) is 0 Å². The fraction of sp³-hybridized carbons (Fsp3) is 0.500. The van der Waals surface area contributed by atoms with Crippen molar-refractivity contribution in [2.45, 2.75) is 39.4 Å². The third kappa shape index (κ3) is 4.40. The van der Waals surface area contributed by atoms with Crippen LogP contribution in [0, 0.1) is 0 Å². The Morgan fingerprint density at radius 2 is 2.11 bits per heavy atom. The summed E-state index contributed by atoms with van der Waals surface area (Å²) in [7, 11) is 0. The number of esters is 1. The van der Waals surface area contributed by atoms with Gasteiger partial charge in [0.05, 0.1) is 17.7 Å². The minimum Gasteiger partial charge on any atom is -0.477 e. The lowest BCUT2D eigenvalue weighted by Gasteiger charge is -2.17. The molecule has 0 fully saturated rings. The van der Waals surface area contributed by atoms with E-state index in [-0.39, 0.29) is 0 Å². The highest BCUT2D eigenvalue weighted by atomic mass is 35.5. The summed E-state index contributed by atoms with van der Waals surface area (Å²) in [5.41, 5.74) is 0.696. The van der Waals surface area contributed by atoms with Gasteiger partial charge in [-0.3, -0.25) is 0 Å². The van der Waals surface area contributed by atoms with E-state index < -0.39 is 18.2 Å². The van der Waals surface area contributed by atoms with Gasteiger partial charge in [0, 0.05) is 0 Å². The van der Waals surface area contributed by atoms with Crippen LogP contribution < -0.4 is 4.74 Å². The molecule has 0 saturated heterocycles. The fourth-order valence-electron chi connectivity index (χ4n) is 1.56. The van der Waals surface area contributed by atoms with Gasteiger partial charge in [-0.25, -0.2) is 4.79 Å². The molecule has 19 heavy (non-hydrogen) atoms. The van der Waals surface area contributed by atoms with Crippen molar-refractivity contribution in [3.05, 3.63) is 28.8 Å². The highest BCUT2D eigenvalue weighted by Crippen LogP contribution is 2.29. The van der Waals surface area contributed by atoms with Crippen molar-refractivity contribution >= 4 is 17.6 Å². The van der Waals surface area contributed by atoms with E-state index in [0.717, 1.165) is 0 Å². The van der Waals surface area contributed by atoms with Crippen molar-refractivity contribution in [2.75, 3.05) is 6.61 Å². The standard InChI is InChI=1S/C14H19ClO4/c1-4-12(14(17)18-5-2)19-13-7-6-10(9(3)16)8-11(13)15/h6-9,12,16H,4-5H2,1-3H3/t9-,12?/m0/s1. The number of aliphatic hydroxyl groups is 1. The minimum absolute atomic E-state index is 0.313. The number of aliphatic hydroxyl groups excluding tert-OH is 1. The van der Waals surface area contributed by atoms with E-state index in [1.807, 2.05) is 6.92 Å². The summed E-state index contributed by atoms with van der Waals surface area (Å²) < 4.78 is 10.5. The molecule has 1 N–H and O–H groups in total. The van der Waals surface area contributed by atoms with E-state index in [2.05, 4.69) is 0 Å². The zero-order chi connectivity index (χ0) is 14.4. The molecule has 0 amide bonds. The Hall–Kier alpha value is -1.26. The van der Waals surface area contributed by atoms with Gasteiger partial charge < -0.3 is 14.6 Å². The lowest BCUT2D eigenvalue weighted by molar-refractivity contribution is -0.151. The maximum atomic E-state index is 11.6. The number of hydrogen-bond acceptors (Lipinski definition) is 4. The predicted octanol–water partition coefficient (Wildman–Crippen LogP) is 3.11. The summed E-state index contributed by atoms with van der Waals surface area (Å²) in [6.45, 7) is 5.54. The number of halogens is 1. The van der Waals surface area contributed by atoms with Crippen LogP contribution in [0.2, 0.25) is 5.02 Å². The molecule has 0 saturated carbocycles. The molecule has 0 aliphatic heterocycles. The summed E-state index contributed by atoms with van der Waals surface area (Å²) >= 11 is 6.07. The van der Waals surface area contributed by atoms with Crippen molar-refractivity contribution in [1.82, 2.24) is 0 Å². The Labute approximate surface area is 118 Å². The van der Waals surface area contributed by atoms with Gasteiger partial charge in [-0.2, -0.15) is 0 Å². The molecule has 0 spiro atoms. The number of rotatable bonds is 6. The molecule has 1 unspecified atom stereocenters. The number of carbonyl (C=O) groups excluding carboxylic acids is 1. The SMILES string of the molecule is CCOC(=O)C(CC)Oc1ccc([C@H](C)O)cc1Cl. The first-order valence-electron chi connectivity index (χ1n) is 6.30. The molecule has 1 aromatic carbocycles. The van der Waals surface area contributed by atoms with Crippen LogP contribution >= 0.6 is 11.6 Å². The second-order valence-electron chi connectivity index (χ2n) is 4.13. The Balaban J connectivity index is 2.83. The fourth-order valence-corrected chi connectivity index (χ4v) is 1.79. The van der Waals surface area contributed by atoms with Crippen molar-refractivity contribution in [3.63, 3.8) is 0 Å². The molecule has 0 bridgehead atoms. The molecule has 1 aromatic rings. The van der Waals surface area contributed by atoms with Crippen LogP contribution in [-0.2, 0) is 9.53 Å². The van der Waals surface area contributed by atoms with Gasteiger partial charge in [0.2, 0.25) is 0 Å². The van der Waals surface area contributed by atoms with E-state index in [0.29, 0.717) is 29.4 Å². The number of carbonyl (C=O) groups is 1. The minimum atomic E-state index is -0.671. The van der Waals surface area contributed by atoms with Gasteiger partial charge in [0.15, 0.2) is 6.10 Å². The van der Waals surface area contributed by atoms with E-state index in [1.54, 1.807) is 32.0 Å². The lowest BCUT2D eigenvalue weighted by Crippen LogP contribution is -2.28. The summed E-state index contributed by atoms with van der Waals surface area (Å²) in [6, 6.07) is 4.98. The topological polar surface area (TPSA) is 55.8 Å². The molecule has 1 rings (SSSR count). The highest BCUT2D eigenvalue weighted by Gasteiger charge is 2.20. The molecule has 0 aliphatic rings. The van der Waals surface area contributed by atoms with Crippen LogP contribution in [0.25, 0.3) is 0 Å². The molecule has 106 valence electrons. The number of ether oxygens (including phenoxy) is 2. The Bertz CT molecular complexity index is 431. The first-order chi connectivity index (χ1) is 8.99. The number of benzene rings is 1. The smallest absolute Gasteiger partial charge is 0.347 e. The maximum Gasteiger partial charge on any atom is 0.347 e. The van der Waals surface area contributed by atoms with Crippen LogP contribution in [0.15, 0.2) is 18.2 Å². The molecule has 2 atom stereocenters. The maximum absolute atomic E-state index is 11.6. The second-order valence-corrected chi connectivity index (χ2v) is 4.54. The van der Waals surface area contributed by atoms with Gasteiger partial charge in [-0.05, 0) is 38.0 Å². The summed E-state index contributed by atoms with van der Waals surface area (Å²) in [6.07, 6.45) is -0.777. The van der Waals surface area contributed by atoms with Crippen LogP contribution in [0.1, 0.15) is 38.9 Å². The van der Waals surface area contributed by atoms with Crippen LogP contribution in [0.3, 0.4) is 0 Å². The van der Waals surface area contributed by atoms with Gasteiger partial charge in [0.25, 0.3) is 0 Å². The first kappa shape index (κ1) is 15.8. The molecular formula is C14H19ClO4. The van der Waals surface area contributed by atoms with Gasteiger partial charge in [-0.1, -0.05) is 24.6 Å². The van der Waals surface area contributed by atoms with Crippen LogP contribution in [-0.4, -0.2) is 23.8 Å². The Morgan fingerprint density at radius 3 is 2.58 bits per heavy atom. The van der Waals surface area contributed by atoms with Gasteiger partial charge >= 0.3 is 5.97 Å². The average molecular weight is 287 g/mol. The zero-order valence-corrected chi connectivity index (χ0v) is 12.1. The third-order valence-electron chi connectivity index (χ3n) is 2.63. The summed E-state index contributed by atoms with van der Waals surface area (Å²) in [4.78, 5) is 11.6. The average Bonchev–Trinajstić information content (AvgIpc) is 2.37. The lowest BCUT2D eigenvalue weighted by atomic mass is 10.1. The monoisotopic (exact) mass is 286 g/mol. The van der Waals surface area contributed by atoms with Crippen LogP contribution in [0.4, 0.5) is 0 Å². The Kier molecular flexibility index (Phi) is 6.12. The molecule has 0 aromatic heterocycles. The van der Waals surface area contributed by atoms with E-state index in [1.165, 1.54) is 0 Å². The molecule has 0 aliphatic carbocycles. The van der Waals surface area contributed by atoms with Gasteiger partial charge in [0.1, 0.15) is 5.75 Å². The van der Waals surface area contributed by atoms with Crippen molar-refractivity contribution < 1.29 is 19.4 Å². The molecule has 4 nitrogen and oxygen atoms in total. The van der Waals surface area contributed by atoms with E-state index >= 15 is 0 Å². The predicted molar refractivity (Wildman–Crippen MR) is 73.4 cm³/mol. The third-order valence-corrected chi connectivity index (χ3v) is 2.92. The normalized spacial score (nSPS) is 13.7. The van der Waals surface area contributed by atoms with Gasteiger partial charge in [-0.15, -0.1) is 0 Å². The second kappa shape index (κ2) is 7.36. The number of hydrogen-bond donors (Lipinski definition) is 1. The summed E-state index contributed by atoms with van der Waals surface area (Å²) in [5, 5.41) is 9.81. The van der Waals surface area contributed by atoms with E-state index in [4.69, 9.17) is 21.1 Å². The zero-order valence-electron chi connectivity index (χ0n) is 11.4.